The molecule has 3 fully saturated rings. The minimum atomic E-state index is -1.01. The summed E-state index contributed by atoms with van der Waals surface area (Å²) >= 11 is 0. The molecular weight excluding hydrogens is 328 g/mol. The van der Waals surface area contributed by atoms with Crippen LogP contribution in [0, 0.1) is 11.6 Å². The van der Waals surface area contributed by atoms with Crippen LogP contribution in [0.5, 0.6) is 0 Å². The number of amides is 3. The monoisotopic (exact) mass is 349 g/mol. The van der Waals surface area contributed by atoms with Crippen molar-refractivity contribution < 1.29 is 18.4 Å². The van der Waals surface area contributed by atoms with Crippen LogP contribution in [0.4, 0.5) is 19.3 Å². The summed E-state index contributed by atoms with van der Waals surface area (Å²) in [6.45, 7) is 1.27. The smallest absolute Gasteiger partial charge is 0.322 e. The van der Waals surface area contributed by atoms with E-state index >= 15 is 0 Å². The Labute approximate surface area is 145 Å². The van der Waals surface area contributed by atoms with Gasteiger partial charge in [-0.15, -0.1) is 0 Å². The Morgan fingerprint density at radius 2 is 1.84 bits per heavy atom. The molecule has 1 aliphatic carbocycles. The maximum Gasteiger partial charge on any atom is 0.322 e. The van der Waals surface area contributed by atoms with E-state index in [1.165, 1.54) is 6.07 Å². The van der Waals surface area contributed by atoms with Crippen molar-refractivity contribution in [3.8, 4) is 0 Å². The number of anilines is 1. The molecule has 1 saturated carbocycles. The van der Waals surface area contributed by atoms with Crippen LogP contribution >= 0.6 is 0 Å². The fourth-order valence-electron chi connectivity index (χ4n) is 4.17. The van der Waals surface area contributed by atoms with E-state index in [1.54, 1.807) is 4.90 Å². The number of urea groups is 1. The van der Waals surface area contributed by atoms with Crippen molar-refractivity contribution in [2.75, 3.05) is 18.4 Å². The van der Waals surface area contributed by atoms with E-state index < -0.39 is 23.2 Å². The zero-order chi connectivity index (χ0) is 17.6. The Morgan fingerprint density at radius 1 is 1.12 bits per heavy atom. The van der Waals surface area contributed by atoms with Gasteiger partial charge in [-0.25, -0.2) is 13.6 Å². The molecular formula is C18H21F2N3O2. The van der Waals surface area contributed by atoms with Crippen molar-refractivity contribution in [3.63, 3.8) is 0 Å². The van der Waals surface area contributed by atoms with Gasteiger partial charge < -0.3 is 15.1 Å². The van der Waals surface area contributed by atoms with Gasteiger partial charge in [0.25, 0.3) is 0 Å². The Balaban J connectivity index is 1.54. The number of hydrogen-bond donors (Lipinski definition) is 1. The molecule has 3 aliphatic rings. The molecule has 1 spiro atoms. The van der Waals surface area contributed by atoms with E-state index in [1.807, 2.05) is 4.90 Å². The van der Waals surface area contributed by atoms with Gasteiger partial charge in [0.1, 0.15) is 5.54 Å². The van der Waals surface area contributed by atoms with Gasteiger partial charge in [0.2, 0.25) is 5.91 Å². The minimum Gasteiger partial charge on any atom is -0.338 e. The number of piperidine rings is 1. The highest BCUT2D eigenvalue weighted by Crippen LogP contribution is 2.42. The van der Waals surface area contributed by atoms with E-state index in [0.29, 0.717) is 25.4 Å². The number of benzene rings is 1. The lowest BCUT2D eigenvalue weighted by atomic mass is 9.85. The van der Waals surface area contributed by atoms with E-state index in [0.717, 1.165) is 44.4 Å². The number of nitrogens with zero attached hydrogens (tertiary/aromatic N) is 2. The summed E-state index contributed by atoms with van der Waals surface area (Å²) in [6.07, 6.45) is 5.08. The normalized spacial score (nSPS) is 26.4. The summed E-state index contributed by atoms with van der Waals surface area (Å²) in [4.78, 5) is 29.4. The quantitative estimate of drug-likeness (QED) is 0.892. The molecule has 25 heavy (non-hydrogen) atoms. The number of hydrogen-bond acceptors (Lipinski definition) is 2. The maximum absolute atomic E-state index is 13.4. The second kappa shape index (κ2) is 5.97. The largest absolute Gasteiger partial charge is 0.338 e. The first-order valence-corrected chi connectivity index (χ1v) is 8.86. The standard InChI is InChI=1S/C18H21F2N3O2/c19-14-6-3-12(11-15(14)20)21-17(25)23-10-2-8-18(23)7-1-9-22(16(18)24)13-4-5-13/h3,6,11,13H,1-2,4-5,7-10H2,(H,21,25). The highest BCUT2D eigenvalue weighted by atomic mass is 19.2. The van der Waals surface area contributed by atoms with Gasteiger partial charge in [0.05, 0.1) is 0 Å². The van der Waals surface area contributed by atoms with Crippen molar-refractivity contribution >= 4 is 17.6 Å². The highest BCUT2D eigenvalue weighted by molar-refractivity contribution is 5.97. The fourth-order valence-corrected chi connectivity index (χ4v) is 4.17. The summed E-state index contributed by atoms with van der Waals surface area (Å²) in [7, 11) is 0. The first-order valence-electron chi connectivity index (χ1n) is 8.86. The molecule has 0 radical (unpaired) electrons. The molecule has 0 bridgehead atoms. The van der Waals surface area contributed by atoms with Gasteiger partial charge in [-0.05, 0) is 50.7 Å². The maximum atomic E-state index is 13.4. The van der Waals surface area contributed by atoms with Crippen molar-refractivity contribution in [3.05, 3.63) is 29.8 Å². The van der Waals surface area contributed by atoms with Gasteiger partial charge in [-0.1, -0.05) is 0 Å². The molecule has 7 heteroatoms. The van der Waals surface area contributed by atoms with Gasteiger partial charge in [-0.3, -0.25) is 4.79 Å². The molecule has 1 aromatic carbocycles. The van der Waals surface area contributed by atoms with Crippen LogP contribution in [0.3, 0.4) is 0 Å². The molecule has 1 aromatic rings. The zero-order valence-electron chi connectivity index (χ0n) is 13.9. The minimum absolute atomic E-state index is 0.0548. The Morgan fingerprint density at radius 3 is 2.52 bits per heavy atom. The molecule has 134 valence electrons. The number of likely N-dealkylation sites (tertiary alicyclic amines) is 2. The number of nitrogens with one attached hydrogen (secondary N) is 1. The number of rotatable bonds is 2. The average molecular weight is 349 g/mol. The summed E-state index contributed by atoms with van der Waals surface area (Å²) < 4.78 is 26.4. The second-order valence-corrected chi connectivity index (χ2v) is 7.18. The predicted molar refractivity (Wildman–Crippen MR) is 88.0 cm³/mol. The summed E-state index contributed by atoms with van der Waals surface area (Å²) in [5.74, 6) is -1.92. The predicted octanol–water partition coefficient (Wildman–Crippen LogP) is 3.12. The third-order valence-corrected chi connectivity index (χ3v) is 5.54. The van der Waals surface area contributed by atoms with Crippen LogP contribution in [0.1, 0.15) is 38.5 Å². The summed E-state index contributed by atoms with van der Waals surface area (Å²) in [5.41, 5.74) is -0.586. The lowest BCUT2D eigenvalue weighted by molar-refractivity contribution is -0.146. The molecule has 1 unspecified atom stereocenters. The highest BCUT2D eigenvalue weighted by Gasteiger charge is 2.54. The molecule has 2 heterocycles. The first-order chi connectivity index (χ1) is 12.0. The molecule has 5 nitrogen and oxygen atoms in total. The van der Waals surface area contributed by atoms with Crippen molar-refractivity contribution in [1.82, 2.24) is 9.80 Å². The lowest BCUT2D eigenvalue weighted by Crippen LogP contribution is -2.62. The topological polar surface area (TPSA) is 52.7 Å². The Bertz CT molecular complexity index is 722. The van der Waals surface area contributed by atoms with Gasteiger partial charge in [0.15, 0.2) is 11.6 Å². The summed E-state index contributed by atoms with van der Waals surface area (Å²) in [6, 6.07) is 3.16. The van der Waals surface area contributed by atoms with Crippen molar-refractivity contribution in [2.45, 2.75) is 50.1 Å². The van der Waals surface area contributed by atoms with Gasteiger partial charge in [0, 0.05) is 30.9 Å². The van der Waals surface area contributed by atoms with Crippen LogP contribution in [0.15, 0.2) is 18.2 Å². The molecule has 4 rings (SSSR count). The van der Waals surface area contributed by atoms with E-state index in [9.17, 15) is 18.4 Å². The molecule has 2 saturated heterocycles. The fraction of sp³-hybridized carbons (Fsp3) is 0.556. The van der Waals surface area contributed by atoms with Crippen molar-refractivity contribution in [1.29, 1.82) is 0 Å². The van der Waals surface area contributed by atoms with Gasteiger partial charge >= 0.3 is 6.03 Å². The molecule has 3 amide bonds. The van der Waals surface area contributed by atoms with Crippen LogP contribution in [-0.4, -0.2) is 46.4 Å². The Kier molecular flexibility index (Phi) is 3.89. The number of halogens is 2. The molecule has 1 atom stereocenters. The van der Waals surface area contributed by atoms with Gasteiger partial charge in [-0.2, -0.15) is 0 Å². The Hall–Kier alpha value is -2.18. The van der Waals surface area contributed by atoms with Crippen LogP contribution < -0.4 is 5.32 Å². The average Bonchev–Trinajstić information content (AvgIpc) is 3.34. The first kappa shape index (κ1) is 16.3. The lowest BCUT2D eigenvalue weighted by Gasteiger charge is -2.44. The second-order valence-electron chi connectivity index (χ2n) is 7.18. The van der Waals surface area contributed by atoms with Crippen molar-refractivity contribution in [2.24, 2.45) is 0 Å². The molecule has 0 aromatic heterocycles. The zero-order valence-corrected chi connectivity index (χ0v) is 13.9. The summed E-state index contributed by atoms with van der Waals surface area (Å²) in [5, 5.41) is 2.61. The van der Waals surface area contributed by atoms with E-state index in [4.69, 9.17) is 0 Å². The third-order valence-electron chi connectivity index (χ3n) is 5.54. The molecule has 1 N–H and O–H groups in total. The number of carbonyl (C=O) groups excluding carboxylic acids is 2. The molecule has 2 aliphatic heterocycles. The third kappa shape index (κ3) is 2.75. The van der Waals surface area contributed by atoms with Crippen LogP contribution in [0.2, 0.25) is 0 Å². The SMILES string of the molecule is O=C(Nc1ccc(F)c(F)c1)N1CCCC12CCCN(C1CC1)C2=O. The van der Waals surface area contributed by atoms with E-state index in [2.05, 4.69) is 5.32 Å². The number of carbonyl (C=O) groups is 2. The van der Waals surface area contributed by atoms with Crippen LogP contribution in [-0.2, 0) is 4.79 Å². The van der Waals surface area contributed by atoms with Crippen LogP contribution in [0.25, 0.3) is 0 Å². The van der Waals surface area contributed by atoms with E-state index in [-0.39, 0.29) is 11.6 Å².